The van der Waals surface area contributed by atoms with E-state index >= 15 is 0 Å². The van der Waals surface area contributed by atoms with Crippen molar-refractivity contribution in [2.24, 2.45) is 7.05 Å². The summed E-state index contributed by atoms with van der Waals surface area (Å²) < 4.78 is 6.64. The molecule has 114 valence electrons. The average molecular weight is 283 g/mol. The molecule has 0 radical (unpaired) electrons. The van der Waals surface area contributed by atoms with E-state index in [9.17, 15) is 9.90 Å². The summed E-state index contributed by atoms with van der Waals surface area (Å²) in [6, 6.07) is 0. The molecule has 0 saturated carbocycles. The van der Waals surface area contributed by atoms with Crippen LogP contribution in [0.5, 0.6) is 0 Å². The van der Waals surface area contributed by atoms with Crippen molar-refractivity contribution in [3.63, 3.8) is 0 Å². The van der Waals surface area contributed by atoms with Gasteiger partial charge in [-0.3, -0.25) is 4.68 Å². The van der Waals surface area contributed by atoms with E-state index in [1.807, 2.05) is 6.92 Å². The second-order valence-corrected chi connectivity index (χ2v) is 5.20. The van der Waals surface area contributed by atoms with E-state index in [-0.39, 0.29) is 5.97 Å². The molecule has 2 N–H and O–H groups in total. The molecule has 0 bridgehead atoms. The Hall–Kier alpha value is -1.40. The molecule has 1 aromatic heterocycles. The fourth-order valence-corrected chi connectivity index (χ4v) is 2.13. The summed E-state index contributed by atoms with van der Waals surface area (Å²) >= 11 is 0. The van der Waals surface area contributed by atoms with Crippen LogP contribution in [0.15, 0.2) is 6.20 Å². The van der Waals surface area contributed by atoms with Gasteiger partial charge in [-0.2, -0.15) is 5.10 Å². The highest BCUT2D eigenvalue weighted by atomic mass is 16.5. The fourth-order valence-electron chi connectivity index (χ4n) is 2.13. The molecule has 1 rings (SSSR count). The van der Waals surface area contributed by atoms with Crippen molar-refractivity contribution in [3.8, 4) is 0 Å². The predicted molar refractivity (Wildman–Crippen MR) is 76.4 cm³/mol. The average Bonchev–Trinajstić information content (AvgIpc) is 2.71. The Kier molecular flexibility index (Phi) is 6.16. The Bertz CT molecular complexity index is 441. The number of aryl methyl sites for hydroxylation is 1. The van der Waals surface area contributed by atoms with Gasteiger partial charge in [-0.05, 0) is 20.3 Å². The second-order valence-electron chi connectivity index (χ2n) is 5.20. The first kappa shape index (κ1) is 16.7. The first-order chi connectivity index (χ1) is 9.41. The molecule has 0 aliphatic rings. The van der Waals surface area contributed by atoms with Gasteiger partial charge in [-0.25, -0.2) is 4.79 Å². The Balaban J connectivity index is 2.64. The number of hydrogen-bond acceptors (Lipinski definition) is 5. The molecule has 0 spiro atoms. The van der Waals surface area contributed by atoms with Crippen LogP contribution < -0.4 is 5.32 Å². The van der Waals surface area contributed by atoms with E-state index in [1.54, 1.807) is 25.6 Å². The zero-order chi connectivity index (χ0) is 15.2. The molecule has 20 heavy (non-hydrogen) atoms. The number of carbonyl (C=O) groups is 1. The number of hydrogen-bond donors (Lipinski definition) is 2. The molecule has 0 amide bonds. The molecule has 0 saturated heterocycles. The van der Waals surface area contributed by atoms with Crippen LogP contribution in [0.1, 0.15) is 49.7 Å². The Morgan fingerprint density at radius 1 is 1.55 bits per heavy atom. The summed E-state index contributed by atoms with van der Waals surface area (Å²) in [5.41, 5.74) is 0.491. The number of aliphatic hydroxyl groups is 1. The number of carbonyl (C=O) groups excluding carboxylic acids is 1. The van der Waals surface area contributed by atoms with Crippen molar-refractivity contribution in [3.05, 3.63) is 17.5 Å². The van der Waals surface area contributed by atoms with E-state index < -0.39 is 5.60 Å². The van der Waals surface area contributed by atoms with Crippen molar-refractivity contribution in [2.75, 3.05) is 13.2 Å². The molecule has 0 aliphatic carbocycles. The summed E-state index contributed by atoms with van der Waals surface area (Å²) in [4.78, 5) is 11.8. The molecule has 1 heterocycles. The summed E-state index contributed by atoms with van der Waals surface area (Å²) in [5, 5.41) is 17.4. The maximum absolute atomic E-state index is 11.8. The minimum atomic E-state index is -0.739. The molecule has 1 aromatic rings. The topological polar surface area (TPSA) is 76.4 Å². The lowest BCUT2D eigenvalue weighted by Gasteiger charge is -2.23. The number of rotatable bonds is 8. The molecule has 0 fully saturated rings. The van der Waals surface area contributed by atoms with Gasteiger partial charge in [0.25, 0.3) is 0 Å². The minimum Gasteiger partial charge on any atom is -0.462 e. The normalized spacial score (nSPS) is 14.1. The standard InChI is InChI=1S/C14H25N3O3/c1-5-7-14(3,19)10-15-9-12-11(8-16-17(12)4)13(18)20-6-2/h8,15,19H,5-7,9-10H2,1-4H3. The summed E-state index contributed by atoms with van der Waals surface area (Å²) in [6.45, 7) is 6.88. The zero-order valence-corrected chi connectivity index (χ0v) is 12.8. The van der Waals surface area contributed by atoms with Gasteiger partial charge in [-0.15, -0.1) is 0 Å². The van der Waals surface area contributed by atoms with E-state index in [4.69, 9.17) is 4.74 Å². The smallest absolute Gasteiger partial charge is 0.341 e. The first-order valence-corrected chi connectivity index (χ1v) is 7.02. The van der Waals surface area contributed by atoms with Crippen LogP contribution in [0.2, 0.25) is 0 Å². The van der Waals surface area contributed by atoms with Gasteiger partial charge in [0.1, 0.15) is 5.56 Å². The first-order valence-electron chi connectivity index (χ1n) is 7.02. The Labute approximate surface area is 120 Å². The Morgan fingerprint density at radius 2 is 2.25 bits per heavy atom. The van der Waals surface area contributed by atoms with Crippen LogP contribution in [0.4, 0.5) is 0 Å². The van der Waals surface area contributed by atoms with Crippen LogP contribution in [-0.4, -0.2) is 39.6 Å². The number of aromatic nitrogens is 2. The monoisotopic (exact) mass is 283 g/mol. The molecular formula is C14H25N3O3. The maximum atomic E-state index is 11.8. The predicted octanol–water partition coefficient (Wildman–Crippen LogP) is 1.24. The highest BCUT2D eigenvalue weighted by Gasteiger charge is 2.20. The number of ether oxygens (including phenoxy) is 1. The van der Waals surface area contributed by atoms with Gasteiger partial charge < -0.3 is 15.2 Å². The third-order valence-electron chi connectivity index (χ3n) is 3.14. The lowest BCUT2D eigenvalue weighted by Crippen LogP contribution is -2.37. The maximum Gasteiger partial charge on any atom is 0.341 e. The van der Waals surface area contributed by atoms with Crippen molar-refractivity contribution < 1.29 is 14.6 Å². The van der Waals surface area contributed by atoms with Crippen molar-refractivity contribution in [1.29, 1.82) is 0 Å². The van der Waals surface area contributed by atoms with E-state index in [1.165, 1.54) is 6.20 Å². The zero-order valence-electron chi connectivity index (χ0n) is 12.8. The van der Waals surface area contributed by atoms with Crippen molar-refractivity contribution >= 4 is 5.97 Å². The molecule has 0 aliphatic heterocycles. The third kappa shape index (κ3) is 4.61. The van der Waals surface area contributed by atoms with Crippen LogP contribution in [-0.2, 0) is 18.3 Å². The van der Waals surface area contributed by atoms with Crippen molar-refractivity contribution in [2.45, 2.75) is 45.8 Å². The number of nitrogens with one attached hydrogen (secondary N) is 1. The minimum absolute atomic E-state index is 0.339. The molecule has 0 aromatic carbocycles. The summed E-state index contributed by atoms with van der Waals surface area (Å²) in [7, 11) is 1.78. The second kappa shape index (κ2) is 7.40. The third-order valence-corrected chi connectivity index (χ3v) is 3.14. The SMILES string of the molecule is CCCC(C)(O)CNCc1c(C(=O)OCC)cnn1C. The van der Waals surface area contributed by atoms with Gasteiger partial charge in [0.05, 0.1) is 24.1 Å². The van der Waals surface area contributed by atoms with Crippen LogP contribution in [0, 0.1) is 0 Å². The number of nitrogens with zero attached hydrogens (tertiary/aromatic N) is 2. The van der Waals surface area contributed by atoms with Gasteiger partial charge in [0.2, 0.25) is 0 Å². The largest absolute Gasteiger partial charge is 0.462 e. The van der Waals surface area contributed by atoms with E-state index in [0.29, 0.717) is 25.3 Å². The molecule has 1 unspecified atom stereocenters. The van der Waals surface area contributed by atoms with Crippen LogP contribution >= 0.6 is 0 Å². The van der Waals surface area contributed by atoms with E-state index in [2.05, 4.69) is 10.4 Å². The lowest BCUT2D eigenvalue weighted by atomic mass is 10.0. The highest BCUT2D eigenvalue weighted by Crippen LogP contribution is 2.12. The fraction of sp³-hybridized carbons (Fsp3) is 0.714. The van der Waals surface area contributed by atoms with Gasteiger partial charge in [-0.1, -0.05) is 13.3 Å². The van der Waals surface area contributed by atoms with Gasteiger partial charge in [0.15, 0.2) is 0 Å². The lowest BCUT2D eigenvalue weighted by molar-refractivity contribution is 0.0495. The molecular weight excluding hydrogens is 258 g/mol. The highest BCUT2D eigenvalue weighted by molar-refractivity contribution is 5.90. The van der Waals surface area contributed by atoms with Crippen LogP contribution in [0.25, 0.3) is 0 Å². The van der Waals surface area contributed by atoms with Crippen molar-refractivity contribution in [1.82, 2.24) is 15.1 Å². The summed E-state index contributed by atoms with van der Waals surface area (Å²) in [5.74, 6) is -0.363. The molecule has 1 atom stereocenters. The summed E-state index contributed by atoms with van der Waals surface area (Å²) in [6.07, 6.45) is 3.17. The quantitative estimate of drug-likeness (QED) is 0.702. The molecule has 6 heteroatoms. The molecule has 6 nitrogen and oxygen atoms in total. The van der Waals surface area contributed by atoms with Gasteiger partial charge in [0, 0.05) is 20.1 Å². The van der Waals surface area contributed by atoms with E-state index in [0.717, 1.165) is 18.5 Å². The van der Waals surface area contributed by atoms with Crippen LogP contribution in [0.3, 0.4) is 0 Å². The Morgan fingerprint density at radius 3 is 2.85 bits per heavy atom. The number of esters is 1. The van der Waals surface area contributed by atoms with Gasteiger partial charge >= 0.3 is 5.97 Å².